The van der Waals surface area contributed by atoms with E-state index in [1.807, 2.05) is 26.0 Å². The van der Waals surface area contributed by atoms with Crippen LogP contribution in [0.2, 0.25) is 0 Å². The summed E-state index contributed by atoms with van der Waals surface area (Å²) in [6.45, 7) is 8.12. The highest BCUT2D eigenvalue weighted by atomic mass is 16.2. The van der Waals surface area contributed by atoms with E-state index in [0.717, 1.165) is 17.7 Å². The molecule has 1 rings (SSSR count). The van der Waals surface area contributed by atoms with Crippen molar-refractivity contribution in [1.29, 1.82) is 0 Å². The van der Waals surface area contributed by atoms with Gasteiger partial charge in [-0.3, -0.25) is 4.79 Å². The molecule has 0 heterocycles. The van der Waals surface area contributed by atoms with Gasteiger partial charge in [0.15, 0.2) is 0 Å². The third-order valence-corrected chi connectivity index (χ3v) is 2.97. The van der Waals surface area contributed by atoms with Crippen LogP contribution in [0.4, 0.5) is 0 Å². The van der Waals surface area contributed by atoms with E-state index in [0.29, 0.717) is 11.5 Å². The molecular weight excluding hydrogens is 212 g/mol. The highest BCUT2D eigenvalue weighted by Gasteiger charge is 2.06. The number of nitrogens with zero attached hydrogens (tertiary/aromatic N) is 1. The van der Waals surface area contributed by atoms with E-state index in [1.54, 1.807) is 12.1 Å². The van der Waals surface area contributed by atoms with Gasteiger partial charge in [-0.2, -0.15) is 5.10 Å². The predicted molar refractivity (Wildman–Crippen MR) is 71.2 cm³/mol. The first-order valence-corrected chi connectivity index (χ1v) is 5.95. The molecule has 0 fully saturated rings. The summed E-state index contributed by atoms with van der Waals surface area (Å²) >= 11 is 0. The van der Waals surface area contributed by atoms with E-state index >= 15 is 0 Å². The molecule has 0 bridgehead atoms. The van der Waals surface area contributed by atoms with Crippen molar-refractivity contribution in [3.63, 3.8) is 0 Å². The van der Waals surface area contributed by atoms with E-state index in [9.17, 15) is 4.79 Å². The van der Waals surface area contributed by atoms with E-state index < -0.39 is 0 Å². The van der Waals surface area contributed by atoms with Crippen LogP contribution < -0.4 is 5.43 Å². The monoisotopic (exact) mass is 232 g/mol. The number of rotatable bonds is 4. The molecule has 1 N–H and O–H groups in total. The van der Waals surface area contributed by atoms with Crippen LogP contribution in [-0.4, -0.2) is 11.6 Å². The van der Waals surface area contributed by atoms with Gasteiger partial charge in [-0.1, -0.05) is 31.5 Å². The first kappa shape index (κ1) is 13.4. The van der Waals surface area contributed by atoms with Crippen molar-refractivity contribution in [2.45, 2.75) is 34.1 Å². The van der Waals surface area contributed by atoms with Gasteiger partial charge < -0.3 is 0 Å². The molecule has 0 unspecified atom stereocenters. The molecule has 1 aromatic carbocycles. The smallest absolute Gasteiger partial charge is 0.267 e. The number of aryl methyl sites for hydroxylation is 1. The van der Waals surface area contributed by atoms with Gasteiger partial charge in [-0.05, 0) is 38.3 Å². The Hall–Kier alpha value is -1.64. The second kappa shape index (κ2) is 6.18. The summed E-state index contributed by atoms with van der Waals surface area (Å²) in [5.41, 5.74) is 5.31. The maximum atomic E-state index is 11.8. The number of hydrogen-bond donors (Lipinski definition) is 1. The van der Waals surface area contributed by atoms with E-state index in [-0.39, 0.29) is 5.91 Å². The average molecular weight is 232 g/mol. The first-order chi connectivity index (χ1) is 8.04. The third kappa shape index (κ3) is 4.02. The molecule has 0 aliphatic rings. The molecule has 0 saturated carbocycles. The Bertz CT molecular complexity index is 407. The minimum absolute atomic E-state index is 0.160. The molecule has 1 amide bonds. The molecule has 1 aromatic rings. The van der Waals surface area contributed by atoms with Crippen molar-refractivity contribution < 1.29 is 4.79 Å². The zero-order valence-corrected chi connectivity index (χ0v) is 10.9. The molecule has 1 atom stereocenters. The van der Waals surface area contributed by atoms with Crippen LogP contribution in [0.1, 0.15) is 43.1 Å². The maximum Gasteiger partial charge on any atom is 0.271 e. The Labute approximate surface area is 103 Å². The normalized spacial score (nSPS) is 13.3. The molecule has 3 heteroatoms. The lowest BCUT2D eigenvalue weighted by atomic mass is 10.1. The van der Waals surface area contributed by atoms with Gasteiger partial charge in [0.2, 0.25) is 0 Å². The second-order valence-electron chi connectivity index (χ2n) is 4.37. The average Bonchev–Trinajstić information content (AvgIpc) is 2.35. The van der Waals surface area contributed by atoms with E-state index in [4.69, 9.17) is 0 Å². The van der Waals surface area contributed by atoms with Crippen LogP contribution in [0.25, 0.3) is 0 Å². The van der Waals surface area contributed by atoms with Gasteiger partial charge in [0.1, 0.15) is 0 Å². The number of hydrogen-bond acceptors (Lipinski definition) is 2. The van der Waals surface area contributed by atoms with Crippen LogP contribution in [-0.2, 0) is 0 Å². The van der Waals surface area contributed by atoms with Crippen LogP contribution in [0.5, 0.6) is 0 Å². The quantitative estimate of drug-likeness (QED) is 0.629. The number of benzene rings is 1. The molecule has 17 heavy (non-hydrogen) atoms. The Balaban J connectivity index is 2.64. The topological polar surface area (TPSA) is 41.5 Å². The Morgan fingerprint density at radius 2 is 1.94 bits per heavy atom. The van der Waals surface area contributed by atoms with Crippen molar-refractivity contribution in [3.05, 3.63) is 35.4 Å². The lowest BCUT2D eigenvalue weighted by Gasteiger charge is -2.08. The molecule has 0 aliphatic carbocycles. The Kier molecular flexibility index (Phi) is 4.88. The van der Waals surface area contributed by atoms with Gasteiger partial charge in [-0.25, -0.2) is 5.43 Å². The fraction of sp³-hybridized carbons (Fsp3) is 0.429. The van der Waals surface area contributed by atoms with Crippen molar-refractivity contribution >= 4 is 11.6 Å². The number of carbonyl (C=O) groups excluding carboxylic acids is 1. The fourth-order valence-corrected chi connectivity index (χ4v) is 1.31. The summed E-state index contributed by atoms with van der Waals surface area (Å²) in [7, 11) is 0. The van der Waals surface area contributed by atoms with Crippen molar-refractivity contribution in [2.75, 3.05) is 0 Å². The standard InChI is InChI=1S/C14H20N2O/c1-5-11(3)12(4)15-16-14(17)13-8-6-10(2)7-9-13/h6-9,11H,5H2,1-4H3,(H,16,17)/b15-12-/t11-/m0/s1. The molecule has 0 spiro atoms. The Morgan fingerprint density at radius 1 is 1.35 bits per heavy atom. The molecular formula is C14H20N2O. The molecule has 0 radical (unpaired) electrons. The second-order valence-corrected chi connectivity index (χ2v) is 4.37. The highest BCUT2D eigenvalue weighted by Crippen LogP contribution is 2.04. The number of carbonyl (C=O) groups is 1. The third-order valence-electron chi connectivity index (χ3n) is 2.97. The highest BCUT2D eigenvalue weighted by molar-refractivity contribution is 5.95. The lowest BCUT2D eigenvalue weighted by molar-refractivity contribution is 0.0954. The van der Waals surface area contributed by atoms with Crippen molar-refractivity contribution in [3.8, 4) is 0 Å². The van der Waals surface area contributed by atoms with Crippen molar-refractivity contribution in [2.24, 2.45) is 11.0 Å². The lowest BCUT2D eigenvalue weighted by Crippen LogP contribution is -2.20. The van der Waals surface area contributed by atoms with Crippen LogP contribution >= 0.6 is 0 Å². The van der Waals surface area contributed by atoms with Crippen LogP contribution in [0, 0.1) is 12.8 Å². The largest absolute Gasteiger partial charge is 0.271 e. The number of nitrogens with one attached hydrogen (secondary N) is 1. The first-order valence-electron chi connectivity index (χ1n) is 5.95. The zero-order valence-electron chi connectivity index (χ0n) is 10.9. The number of hydrazone groups is 1. The number of amides is 1. The van der Waals surface area contributed by atoms with E-state index in [2.05, 4.69) is 24.4 Å². The molecule has 0 aromatic heterocycles. The summed E-state index contributed by atoms with van der Waals surface area (Å²) in [6.07, 6.45) is 1.02. The molecule has 0 saturated heterocycles. The van der Waals surface area contributed by atoms with Gasteiger partial charge in [-0.15, -0.1) is 0 Å². The molecule has 92 valence electrons. The zero-order chi connectivity index (χ0) is 12.8. The van der Waals surface area contributed by atoms with Gasteiger partial charge in [0, 0.05) is 11.3 Å². The van der Waals surface area contributed by atoms with Crippen molar-refractivity contribution in [1.82, 2.24) is 5.43 Å². The van der Waals surface area contributed by atoms with Crippen LogP contribution in [0.15, 0.2) is 29.4 Å². The van der Waals surface area contributed by atoms with E-state index in [1.165, 1.54) is 0 Å². The predicted octanol–water partition coefficient (Wildman–Crippen LogP) is 3.15. The van der Waals surface area contributed by atoms with Gasteiger partial charge in [0.25, 0.3) is 5.91 Å². The summed E-state index contributed by atoms with van der Waals surface area (Å²) in [4.78, 5) is 11.8. The molecule has 3 nitrogen and oxygen atoms in total. The fourth-order valence-electron chi connectivity index (χ4n) is 1.31. The minimum Gasteiger partial charge on any atom is -0.267 e. The molecule has 0 aliphatic heterocycles. The van der Waals surface area contributed by atoms with Gasteiger partial charge in [0.05, 0.1) is 0 Å². The summed E-state index contributed by atoms with van der Waals surface area (Å²) in [5.74, 6) is 0.237. The van der Waals surface area contributed by atoms with Gasteiger partial charge >= 0.3 is 0 Å². The van der Waals surface area contributed by atoms with Crippen LogP contribution in [0.3, 0.4) is 0 Å². The SMILES string of the molecule is CC[C@H](C)/C(C)=N\NC(=O)c1ccc(C)cc1. The summed E-state index contributed by atoms with van der Waals surface area (Å²) in [5, 5.41) is 4.11. The summed E-state index contributed by atoms with van der Waals surface area (Å²) < 4.78 is 0. The Morgan fingerprint density at radius 3 is 2.47 bits per heavy atom. The maximum absolute atomic E-state index is 11.8. The summed E-state index contributed by atoms with van der Waals surface area (Å²) in [6, 6.07) is 7.44. The minimum atomic E-state index is -0.160.